The van der Waals surface area contributed by atoms with Crippen molar-refractivity contribution in [2.75, 3.05) is 33.4 Å². The Hall–Kier alpha value is -1.10. The van der Waals surface area contributed by atoms with E-state index in [0.717, 1.165) is 43.9 Å². The standard InChI is InChI=1S/C16H25NO3/c1-3-17(11-15-5-4-10-20-15)12-16(18)13-6-8-14(19-2)9-7-13/h6-9,15-16,18H,3-5,10-12H2,1-2H3. The van der Waals surface area contributed by atoms with Crippen molar-refractivity contribution in [3.63, 3.8) is 0 Å². The Kier molecular flexibility index (Phi) is 5.83. The zero-order valence-electron chi connectivity index (χ0n) is 12.4. The van der Waals surface area contributed by atoms with Crippen LogP contribution in [0.15, 0.2) is 24.3 Å². The van der Waals surface area contributed by atoms with E-state index in [9.17, 15) is 5.11 Å². The Morgan fingerprint density at radius 2 is 2.15 bits per heavy atom. The highest BCUT2D eigenvalue weighted by atomic mass is 16.5. The van der Waals surface area contributed by atoms with E-state index in [-0.39, 0.29) is 0 Å². The maximum Gasteiger partial charge on any atom is 0.118 e. The van der Waals surface area contributed by atoms with E-state index in [1.54, 1.807) is 7.11 Å². The number of aliphatic hydroxyl groups excluding tert-OH is 1. The van der Waals surface area contributed by atoms with Crippen LogP contribution in [0, 0.1) is 0 Å². The van der Waals surface area contributed by atoms with Crippen LogP contribution in [0.5, 0.6) is 5.75 Å². The van der Waals surface area contributed by atoms with Crippen LogP contribution in [0.3, 0.4) is 0 Å². The van der Waals surface area contributed by atoms with Gasteiger partial charge in [-0.2, -0.15) is 0 Å². The third kappa shape index (κ3) is 4.20. The van der Waals surface area contributed by atoms with Gasteiger partial charge in [0.2, 0.25) is 0 Å². The van der Waals surface area contributed by atoms with Gasteiger partial charge in [-0.1, -0.05) is 19.1 Å². The van der Waals surface area contributed by atoms with Gasteiger partial charge in [0.1, 0.15) is 5.75 Å². The molecule has 1 heterocycles. The van der Waals surface area contributed by atoms with E-state index in [1.165, 1.54) is 0 Å². The second kappa shape index (κ2) is 7.62. The number of aliphatic hydroxyl groups is 1. The first kappa shape index (κ1) is 15.3. The maximum absolute atomic E-state index is 10.3. The fraction of sp³-hybridized carbons (Fsp3) is 0.625. The van der Waals surface area contributed by atoms with E-state index in [4.69, 9.17) is 9.47 Å². The summed E-state index contributed by atoms with van der Waals surface area (Å²) >= 11 is 0. The Morgan fingerprint density at radius 3 is 2.70 bits per heavy atom. The van der Waals surface area contributed by atoms with Gasteiger partial charge in [0, 0.05) is 19.7 Å². The number of likely N-dealkylation sites (N-methyl/N-ethyl adjacent to an activating group) is 1. The molecular formula is C16H25NO3. The predicted octanol–water partition coefficient (Wildman–Crippen LogP) is 2.23. The Morgan fingerprint density at radius 1 is 1.40 bits per heavy atom. The molecule has 1 fully saturated rings. The highest BCUT2D eigenvalue weighted by Gasteiger charge is 2.20. The monoisotopic (exact) mass is 279 g/mol. The number of hydrogen-bond acceptors (Lipinski definition) is 4. The first-order valence-corrected chi connectivity index (χ1v) is 7.39. The highest BCUT2D eigenvalue weighted by Crippen LogP contribution is 2.20. The van der Waals surface area contributed by atoms with Crippen LogP contribution in [0.2, 0.25) is 0 Å². The van der Waals surface area contributed by atoms with E-state index >= 15 is 0 Å². The first-order valence-electron chi connectivity index (χ1n) is 7.39. The van der Waals surface area contributed by atoms with E-state index in [0.29, 0.717) is 12.6 Å². The summed E-state index contributed by atoms with van der Waals surface area (Å²) in [5, 5.41) is 10.3. The average Bonchev–Trinajstić information content (AvgIpc) is 2.99. The fourth-order valence-electron chi connectivity index (χ4n) is 2.59. The lowest BCUT2D eigenvalue weighted by molar-refractivity contribution is 0.0516. The Bertz CT molecular complexity index is 387. The molecule has 1 aliphatic heterocycles. The van der Waals surface area contributed by atoms with E-state index < -0.39 is 6.10 Å². The summed E-state index contributed by atoms with van der Waals surface area (Å²) in [6.07, 6.45) is 2.15. The molecule has 0 amide bonds. The van der Waals surface area contributed by atoms with Crippen molar-refractivity contribution in [3.05, 3.63) is 29.8 Å². The summed E-state index contributed by atoms with van der Waals surface area (Å²) in [6, 6.07) is 7.61. The number of ether oxygens (including phenoxy) is 2. The number of nitrogens with zero attached hydrogens (tertiary/aromatic N) is 1. The minimum atomic E-state index is -0.470. The second-order valence-corrected chi connectivity index (χ2v) is 5.28. The van der Waals surface area contributed by atoms with Crippen molar-refractivity contribution < 1.29 is 14.6 Å². The molecule has 1 N–H and O–H groups in total. The minimum absolute atomic E-state index is 0.331. The number of methoxy groups -OCH3 is 1. The van der Waals surface area contributed by atoms with E-state index in [1.807, 2.05) is 24.3 Å². The molecule has 0 spiro atoms. The van der Waals surface area contributed by atoms with Gasteiger partial charge in [0.15, 0.2) is 0 Å². The van der Waals surface area contributed by atoms with Crippen LogP contribution in [0.1, 0.15) is 31.4 Å². The number of hydrogen-bond donors (Lipinski definition) is 1. The topological polar surface area (TPSA) is 41.9 Å². The molecule has 1 aromatic carbocycles. The molecule has 0 aromatic heterocycles. The lowest BCUT2D eigenvalue weighted by atomic mass is 10.1. The van der Waals surface area contributed by atoms with Crippen molar-refractivity contribution in [1.29, 1.82) is 0 Å². The third-order valence-electron chi connectivity index (χ3n) is 3.86. The lowest BCUT2D eigenvalue weighted by Crippen LogP contribution is -2.35. The van der Waals surface area contributed by atoms with Crippen LogP contribution in [-0.4, -0.2) is 49.5 Å². The highest BCUT2D eigenvalue weighted by molar-refractivity contribution is 5.28. The average molecular weight is 279 g/mol. The molecule has 0 radical (unpaired) electrons. The molecule has 4 heteroatoms. The summed E-state index contributed by atoms with van der Waals surface area (Å²) in [4.78, 5) is 2.25. The van der Waals surface area contributed by atoms with Crippen LogP contribution in [0.25, 0.3) is 0 Å². The van der Waals surface area contributed by atoms with Gasteiger partial charge in [0.05, 0.1) is 19.3 Å². The van der Waals surface area contributed by atoms with Crippen molar-refractivity contribution in [1.82, 2.24) is 4.90 Å². The zero-order chi connectivity index (χ0) is 14.4. The van der Waals surface area contributed by atoms with Crippen molar-refractivity contribution in [2.45, 2.75) is 32.0 Å². The second-order valence-electron chi connectivity index (χ2n) is 5.28. The number of benzene rings is 1. The molecule has 0 aliphatic carbocycles. The summed E-state index contributed by atoms with van der Waals surface area (Å²) in [5.41, 5.74) is 0.927. The zero-order valence-corrected chi connectivity index (χ0v) is 12.4. The van der Waals surface area contributed by atoms with Crippen LogP contribution >= 0.6 is 0 Å². The van der Waals surface area contributed by atoms with Gasteiger partial charge < -0.3 is 14.6 Å². The molecule has 0 bridgehead atoms. The predicted molar refractivity (Wildman–Crippen MR) is 79.0 cm³/mol. The Balaban J connectivity index is 1.88. The molecule has 2 atom stereocenters. The Labute approximate surface area is 121 Å². The molecule has 1 aliphatic rings. The first-order chi connectivity index (χ1) is 9.72. The largest absolute Gasteiger partial charge is 0.497 e. The maximum atomic E-state index is 10.3. The van der Waals surface area contributed by atoms with Crippen LogP contribution in [-0.2, 0) is 4.74 Å². The fourth-order valence-corrected chi connectivity index (χ4v) is 2.59. The molecule has 0 saturated carbocycles. The quantitative estimate of drug-likeness (QED) is 0.831. The summed E-state index contributed by atoms with van der Waals surface area (Å²) in [7, 11) is 1.64. The smallest absolute Gasteiger partial charge is 0.118 e. The molecule has 2 rings (SSSR count). The lowest BCUT2D eigenvalue weighted by Gasteiger charge is -2.26. The molecule has 112 valence electrons. The van der Waals surface area contributed by atoms with Gasteiger partial charge >= 0.3 is 0 Å². The van der Waals surface area contributed by atoms with Gasteiger partial charge in [-0.25, -0.2) is 0 Å². The summed E-state index contributed by atoms with van der Waals surface area (Å²) in [6.45, 7) is 5.47. The SMILES string of the molecule is CCN(CC1CCCO1)CC(O)c1ccc(OC)cc1. The van der Waals surface area contributed by atoms with Gasteiger partial charge in [-0.15, -0.1) is 0 Å². The summed E-state index contributed by atoms with van der Waals surface area (Å²) < 4.78 is 10.8. The minimum Gasteiger partial charge on any atom is -0.497 e. The van der Waals surface area contributed by atoms with E-state index in [2.05, 4.69) is 11.8 Å². The molecule has 2 unspecified atom stereocenters. The molecule has 4 nitrogen and oxygen atoms in total. The van der Waals surface area contributed by atoms with Crippen molar-refractivity contribution >= 4 is 0 Å². The van der Waals surface area contributed by atoms with Crippen LogP contribution < -0.4 is 4.74 Å². The van der Waals surface area contributed by atoms with Crippen LogP contribution in [0.4, 0.5) is 0 Å². The van der Waals surface area contributed by atoms with Gasteiger partial charge in [0.25, 0.3) is 0 Å². The molecule has 20 heavy (non-hydrogen) atoms. The summed E-state index contributed by atoms with van der Waals surface area (Å²) in [5.74, 6) is 0.813. The molecule has 1 aromatic rings. The molecule has 1 saturated heterocycles. The van der Waals surface area contributed by atoms with Crippen molar-refractivity contribution in [3.8, 4) is 5.75 Å². The van der Waals surface area contributed by atoms with Gasteiger partial charge in [-0.3, -0.25) is 4.90 Å². The van der Waals surface area contributed by atoms with Gasteiger partial charge in [-0.05, 0) is 37.1 Å². The van der Waals surface area contributed by atoms with Crippen molar-refractivity contribution in [2.24, 2.45) is 0 Å². The third-order valence-corrected chi connectivity index (χ3v) is 3.86. The normalized spacial score (nSPS) is 20.3. The molecular weight excluding hydrogens is 254 g/mol. The number of rotatable bonds is 7.